The number of benzene rings is 2. The predicted molar refractivity (Wildman–Crippen MR) is 101 cm³/mol. The summed E-state index contributed by atoms with van der Waals surface area (Å²) in [6.07, 6.45) is 1.33. The molecule has 7 heteroatoms. The summed E-state index contributed by atoms with van der Waals surface area (Å²) < 4.78 is 26.2. The Morgan fingerprint density at radius 1 is 0.929 bits per heavy atom. The molecule has 0 fully saturated rings. The molecule has 0 bridgehead atoms. The number of aromatic nitrogens is 1. The molecule has 0 aliphatic carbocycles. The Balaban J connectivity index is 1.66. The van der Waals surface area contributed by atoms with E-state index >= 15 is 0 Å². The second-order valence-corrected chi connectivity index (χ2v) is 6.18. The fraction of sp³-hybridized carbons (Fsp3) is 0.0952. The second-order valence-electron chi connectivity index (χ2n) is 6.18. The molecule has 0 atom stereocenters. The lowest BCUT2D eigenvalue weighted by molar-refractivity contribution is 0.0951. The van der Waals surface area contributed by atoms with Crippen molar-refractivity contribution in [2.75, 3.05) is 5.32 Å². The van der Waals surface area contributed by atoms with Crippen LogP contribution in [0.1, 0.15) is 32.0 Å². The van der Waals surface area contributed by atoms with Crippen molar-refractivity contribution in [2.24, 2.45) is 0 Å². The van der Waals surface area contributed by atoms with Gasteiger partial charge in [0, 0.05) is 30.1 Å². The highest BCUT2D eigenvalue weighted by atomic mass is 19.2. The minimum Gasteiger partial charge on any atom is -0.348 e. The molecule has 3 aromatic rings. The van der Waals surface area contributed by atoms with Crippen LogP contribution in [0.25, 0.3) is 0 Å². The fourth-order valence-electron chi connectivity index (χ4n) is 2.46. The number of rotatable bonds is 5. The van der Waals surface area contributed by atoms with Crippen LogP contribution in [0.15, 0.2) is 60.8 Å². The number of nitrogens with zero attached hydrogens (tertiary/aromatic N) is 1. The van der Waals surface area contributed by atoms with Crippen LogP contribution >= 0.6 is 0 Å². The molecule has 5 nitrogen and oxygen atoms in total. The Morgan fingerprint density at radius 2 is 1.68 bits per heavy atom. The molecule has 2 aromatic carbocycles. The number of halogens is 2. The summed E-state index contributed by atoms with van der Waals surface area (Å²) in [6, 6.07) is 13.6. The zero-order chi connectivity index (χ0) is 20.1. The van der Waals surface area contributed by atoms with Crippen molar-refractivity contribution in [3.63, 3.8) is 0 Å². The molecule has 1 aromatic heterocycles. The number of nitrogens with one attached hydrogen (secondary N) is 2. The molecule has 2 amide bonds. The van der Waals surface area contributed by atoms with E-state index < -0.39 is 17.5 Å². The molecular weight excluding hydrogens is 364 g/mol. The third kappa shape index (κ3) is 4.76. The summed E-state index contributed by atoms with van der Waals surface area (Å²) in [6.45, 7) is 2.32. The molecule has 2 N–H and O–H groups in total. The molecule has 0 radical (unpaired) electrons. The standard InChI is InChI=1S/C21H17F2N3O2/c1-13-2-4-14(5-3-13)12-25-20(27)15-8-9-24-19(10-15)21(28)26-16-6-7-17(22)18(23)11-16/h2-11H,12H2,1H3,(H,25,27)(H,26,28). The third-order valence-electron chi connectivity index (χ3n) is 4.01. The molecule has 3 rings (SSSR count). The number of aryl methyl sites for hydroxylation is 1. The van der Waals surface area contributed by atoms with Gasteiger partial charge in [-0.25, -0.2) is 8.78 Å². The number of hydrogen-bond acceptors (Lipinski definition) is 3. The first-order valence-electron chi connectivity index (χ1n) is 8.48. The summed E-state index contributed by atoms with van der Waals surface area (Å²) in [4.78, 5) is 28.5. The van der Waals surface area contributed by atoms with Crippen LogP contribution in [0, 0.1) is 18.6 Å². The average molecular weight is 381 g/mol. The van der Waals surface area contributed by atoms with Gasteiger partial charge < -0.3 is 10.6 Å². The molecule has 1 heterocycles. The van der Waals surface area contributed by atoms with Crippen LogP contribution in [0.4, 0.5) is 14.5 Å². The van der Waals surface area contributed by atoms with Gasteiger partial charge in [-0.3, -0.25) is 14.6 Å². The normalized spacial score (nSPS) is 10.4. The molecule has 142 valence electrons. The molecule has 0 aliphatic heterocycles. The first-order valence-corrected chi connectivity index (χ1v) is 8.48. The van der Waals surface area contributed by atoms with E-state index in [1.54, 1.807) is 0 Å². The van der Waals surface area contributed by atoms with E-state index in [-0.39, 0.29) is 22.9 Å². The van der Waals surface area contributed by atoms with Crippen LogP contribution in [0.3, 0.4) is 0 Å². The van der Waals surface area contributed by atoms with Gasteiger partial charge in [-0.2, -0.15) is 0 Å². The van der Waals surface area contributed by atoms with Crippen LogP contribution < -0.4 is 10.6 Å². The molecule has 0 unspecified atom stereocenters. The number of pyridine rings is 1. The van der Waals surface area contributed by atoms with Gasteiger partial charge in [-0.15, -0.1) is 0 Å². The Morgan fingerprint density at radius 3 is 2.39 bits per heavy atom. The van der Waals surface area contributed by atoms with E-state index in [9.17, 15) is 18.4 Å². The van der Waals surface area contributed by atoms with Crippen molar-refractivity contribution >= 4 is 17.5 Å². The second kappa shape index (κ2) is 8.39. The summed E-state index contributed by atoms with van der Waals surface area (Å²) >= 11 is 0. The van der Waals surface area contributed by atoms with Gasteiger partial charge in [-0.1, -0.05) is 29.8 Å². The van der Waals surface area contributed by atoms with E-state index in [4.69, 9.17) is 0 Å². The molecule has 28 heavy (non-hydrogen) atoms. The van der Waals surface area contributed by atoms with E-state index in [0.717, 1.165) is 23.3 Å². The zero-order valence-electron chi connectivity index (χ0n) is 15.0. The van der Waals surface area contributed by atoms with E-state index in [1.165, 1.54) is 24.4 Å². The highest BCUT2D eigenvalue weighted by Gasteiger charge is 2.13. The van der Waals surface area contributed by atoms with Crippen LogP contribution in [-0.2, 0) is 6.54 Å². The van der Waals surface area contributed by atoms with Gasteiger partial charge in [0.15, 0.2) is 11.6 Å². The number of amides is 2. The molecule has 0 saturated heterocycles. The van der Waals surface area contributed by atoms with Crippen LogP contribution in [0.2, 0.25) is 0 Å². The highest BCUT2D eigenvalue weighted by Crippen LogP contribution is 2.14. The third-order valence-corrected chi connectivity index (χ3v) is 4.01. The monoisotopic (exact) mass is 381 g/mol. The van der Waals surface area contributed by atoms with E-state index in [2.05, 4.69) is 15.6 Å². The summed E-state index contributed by atoms with van der Waals surface area (Å²) in [5.41, 5.74) is 2.40. The van der Waals surface area contributed by atoms with Crippen molar-refractivity contribution in [1.29, 1.82) is 0 Å². The van der Waals surface area contributed by atoms with Crippen LogP contribution in [-0.4, -0.2) is 16.8 Å². The first-order chi connectivity index (χ1) is 13.4. The fourth-order valence-corrected chi connectivity index (χ4v) is 2.46. The molecule has 0 saturated carbocycles. The Labute approximate surface area is 160 Å². The van der Waals surface area contributed by atoms with Crippen molar-refractivity contribution in [3.05, 3.63) is 94.8 Å². The lowest BCUT2D eigenvalue weighted by atomic mass is 10.1. The lowest BCUT2D eigenvalue weighted by Crippen LogP contribution is -2.23. The average Bonchev–Trinajstić information content (AvgIpc) is 2.70. The maximum Gasteiger partial charge on any atom is 0.274 e. The van der Waals surface area contributed by atoms with Crippen molar-refractivity contribution in [3.8, 4) is 0 Å². The lowest BCUT2D eigenvalue weighted by Gasteiger charge is -2.08. The Bertz CT molecular complexity index is 1020. The van der Waals surface area contributed by atoms with Gasteiger partial charge in [0.2, 0.25) is 0 Å². The highest BCUT2D eigenvalue weighted by molar-refractivity contribution is 6.04. The zero-order valence-corrected chi connectivity index (χ0v) is 15.0. The number of carbonyl (C=O) groups excluding carboxylic acids is 2. The number of anilines is 1. The van der Waals surface area contributed by atoms with E-state index in [0.29, 0.717) is 6.54 Å². The maximum absolute atomic E-state index is 13.3. The van der Waals surface area contributed by atoms with Gasteiger partial charge in [0.05, 0.1) is 0 Å². The maximum atomic E-state index is 13.3. The van der Waals surface area contributed by atoms with Gasteiger partial charge in [-0.05, 0) is 36.8 Å². The number of hydrogen-bond donors (Lipinski definition) is 2. The minimum absolute atomic E-state index is 0.0206. The van der Waals surface area contributed by atoms with Gasteiger partial charge >= 0.3 is 0 Å². The smallest absolute Gasteiger partial charge is 0.274 e. The van der Waals surface area contributed by atoms with Gasteiger partial charge in [0.25, 0.3) is 11.8 Å². The van der Waals surface area contributed by atoms with E-state index in [1.807, 2.05) is 31.2 Å². The summed E-state index contributed by atoms with van der Waals surface area (Å²) in [7, 11) is 0. The summed E-state index contributed by atoms with van der Waals surface area (Å²) in [5.74, 6) is -3.08. The topological polar surface area (TPSA) is 71.1 Å². The quantitative estimate of drug-likeness (QED) is 0.705. The molecular formula is C21H17F2N3O2. The predicted octanol–water partition coefficient (Wildman–Crippen LogP) is 3.85. The SMILES string of the molecule is Cc1ccc(CNC(=O)c2ccnc(C(=O)Nc3ccc(F)c(F)c3)c2)cc1. The minimum atomic E-state index is -1.07. The van der Waals surface area contributed by atoms with Crippen molar-refractivity contribution in [2.45, 2.75) is 13.5 Å². The largest absolute Gasteiger partial charge is 0.348 e. The van der Waals surface area contributed by atoms with Crippen LogP contribution in [0.5, 0.6) is 0 Å². The Kier molecular flexibility index (Phi) is 5.74. The molecule has 0 spiro atoms. The first kappa shape index (κ1) is 19.2. The van der Waals surface area contributed by atoms with Crippen molar-refractivity contribution in [1.82, 2.24) is 10.3 Å². The van der Waals surface area contributed by atoms with Gasteiger partial charge in [0.1, 0.15) is 5.69 Å². The Hall–Kier alpha value is -3.61. The van der Waals surface area contributed by atoms with Crippen molar-refractivity contribution < 1.29 is 18.4 Å². The number of carbonyl (C=O) groups is 2. The summed E-state index contributed by atoms with van der Waals surface area (Å²) in [5, 5.41) is 5.19. The molecule has 0 aliphatic rings.